The Kier molecular flexibility index (Phi) is 6.72. The van der Waals surface area contributed by atoms with E-state index in [4.69, 9.17) is 14.5 Å². The average molecular weight is 453 g/mol. The van der Waals surface area contributed by atoms with E-state index in [0.717, 1.165) is 22.3 Å². The Labute approximate surface area is 184 Å². The molecule has 0 saturated heterocycles. The number of pyridine rings is 2. The van der Waals surface area contributed by atoms with Crippen molar-refractivity contribution in [3.8, 4) is 17.0 Å². The van der Waals surface area contributed by atoms with Gasteiger partial charge in [-0.15, -0.1) is 0 Å². The first kappa shape index (κ1) is 21.9. The molecule has 0 fully saturated rings. The first-order chi connectivity index (χ1) is 15.4. The van der Waals surface area contributed by atoms with E-state index in [1.54, 1.807) is 40.1 Å². The fraction of sp³-hybridized carbons (Fsp3) is 0.136. The molecule has 1 aromatic carbocycles. The number of rotatable bonds is 9. The molecule has 4 aromatic rings. The van der Waals surface area contributed by atoms with E-state index in [0.29, 0.717) is 19.0 Å². The summed E-state index contributed by atoms with van der Waals surface area (Å²) in [6.07, 6.45) is 8.78. The van der Waals surface area contributed by atoms with Crippen molar-refractivity contribution in [1.82, 2.24) is 14.8 Å². The van der Waals surface area contributed by atoms with Gasteiger partial charge in [0.2, 0.25) is 5.88 Å². The van der Waals surface area contributed by atoms with Crippen LogP contribution in [0.5, 0.6) is 5.88 Å². The van der Waals surface area contributed by atoms with Crippen LogP contribution >= 0.6 is 7.82 Å². The van der Waals surface area contributed by atoms with E-state index in [1.807, 2.05) is 54.7 Å². The number of benzene rings is 1. The van der Waals surface area contributed by atoms with Gasteiger partial charge in [-0.05, 0) is 17.2 Å². The highest BCUT2D eigenvalue weighted by Crippen LogP contribution is 2.35. The van der Waals surface area contributed by atoms with Gasteiger partial charge in [0.15, 0.2) is 12.4 Å². The normalized spacial score (nSPS) is 11.4. The highest BCUT2D eigenvalue weighted by atomic mass is 31.2. The van der Waals surface area contributed by atoms with Crippen molar-refractivity contribution < 1.29 is 28.2 Å². The summed E-state index contributed by atoms with van der Waals surface area (Å²) in [7, 11) is -4.53. The van der Waals surface area contributed by atoms with Gasteiger partial charge in [0.25, 0.3) is 6.73 Å². The van der Waals surface area contributed by atoms with Gasteiger partial charge < -0.3 is 14.5 Å². The molecule has 164 valence electrons. The summed E-state index contributed by atoms with van der Waals surface area (Å²) in [6, 6.07) is 17.4. The maximum atomic E-state index is 10.9. The van der Waals surface area contributed by atoms with Crippen molar-refractivity contribution in [3.63, 3.8) is 0 Å². The highest BCUT2D eigenvalue weighted by Gasteiger charge is 2.17. The third-order valence-corrected chi connectivity index (χ3v) is 5.02. The topological polar surface area (TPSA) is 111 Å². The number of nitrogens with zero attached hydrogens (tertiary/aromatic N) is 4. The van der Waals surface area contributed by atoms with Crippen LogP contribution in [0, 0.1) is 0 Å². The lowest BCUT2D eigenvalue weighted by Gasteiger charge is -2.06. The molecule has 3 aromatic heterocycles. The Balaban J connectivity index is 1.36. The minimum atomic E-state index is -4.53. The van der Waals surface area contributed by atoms with Gasteiger partial charge in [-0.2, -0.15) is 9.67 Å². The lowest BCUT2D eigenvalue weighted by atomic mass is 10.2. The molecule has 0 radical (unpaired) electrons. The maximum absolute atomic E-state index is 10.9. The number of hydrogen-bond donors (Lipinski definition) is 2. The Hall–Kier alpha value is -3.36. The quantitative estimate of drug-likeness (QED) is 0.296. The van der Waals surface area contributed by atoms with Crippen LogP contribution in [0.3, 0.4) is 0 Å². The molecule has 9 nitrogen and oxygen atoms in total. The third kappa shape index (κ3) is 6.32. The zero-order valence-corrected chi connectivity index (χ0v) is 18.0. The first-order valence-corrected chi connectivity index (χ1v) is 11.3. The number of hydrogen-bond acceptors (Lipinski definition) is 5. The zero-order valence-electron chi connectivity index (χ0n) is 17.1. The molecule has 0 amide bonds. The summed E-state index contributed by atoms with van der Waals surface area (Å²) in [4.78, 5) is 22.1. The summed E-state index contributed by atoms with van der Waals surface area (Å²) in [5.41, 5.74) is 3.77. The largest absolute Gasteiger partial charge is 0.474 e. The van der Waals surface area contributed by atoms with E-state index in [-0.39, 0.29) is 6.73 Å². The van der Waals surface area contributed by atoms with E-state index in [9.17, 15) is 4.57 Å². The van der Waals surface area contributed by atoms with Crippen LogP contribution in [0.15, 0.2) is 85.6 Å². The summed E-state index contributed by atoms with van der Waals surface area (Å²) in [6.45, 7) is 0.753. The predicted molar refractivity (Wildman–Crippen MR) is 115 cm³/mol. The number of phosphoric ester groups is 1. The van der Waals surface area contributed by atoms with Crippen molar-refractivity contribution in [2.75, 3.05) is 0 Å². The molecule has 0 aliphatic carbocycles. The van der Waals surface area contributed by atoms with Crippen molar-refractivity contribution in [3.05, 3.63) is 96.7 Å². The van der Waals surface area contributed by atoms with Crippen LogP contribution in [0.1, 0.15) is 11.1 Å². The minimum Gasteiger partial charge on any atom is -0.473 e. The van der Waals surface area contributed by atoms with Crippen molar-refractivity contribution >= 4 is 7.82 Å². The van der Waals surface area contributed by atoms with Crippen molar-refractivity contribution in [1.29, 1.82) is 0 Å². The van der Waals surface area contributed by atoms with Crippen LogP contribution < -0.4 is 9.30 Å². The molecule has 0 aliphatic rings. The standard InChI is InChI=1S/C22H21N4O5P/c27-32(28,29)31-17-25-10-4-7-20(14-25)21-12-24-26(15-21)13-19-8-9-22(23-11-19)30-16-18-5-2-1-3-6-18/h1-12,14-15H,13,16-17H2,(H-,27,28,29)/p+1. The SMILES string of the molecule is O=P(O)(O)OC[n+]1cccc(-c2cnn(Cc3ccc(OCc4ccccc4)nc3)c2)c1. The van der Waals surface area contributed by atoms with Gasteiger partial charge in [0, 0.05) is 35.7 Å². The lowest BCUT2D eigenvalue weighted by Crippen LogP contribution is -2.33. The number of phosphoric acid groups is 1. The summed E-state index contributed by atoms with van der Waals surface area (Å²) in [5.74, 6) is 0.560. The molecule has 3 heterocycles. The minimum absolute atomic E-state index is 0.253. The Morgan fingerprint density at radius 1 is 0.969 bits per heavy atom. The summed E-state index contributed by atoms with van der Waals surface area (Å²) >= 11 is 0. The molecule has 4 rings (SSSR count). The smallest absolute Gasteiger partial charge is 0.473 e. The molecule has 0 bridgehead atoms. The predicted octanol–water partition coefficient (Wildman–Crippen LogP) is 2.93. The zero-order chi connectivity index (χ0) is 22.4. The molecule has 0 spiro atoms. The average Bonchev–Trinajstić information content (AvgIpc) is 3.26. The lowest BCUT2D eigenvalue weighted by molar-refractivity contribution is -0.725. The van der Waals surface area contributed by atoms with E-state index in [2.05, 4.69) is 14.6 Å². The van der Waals surface area contributed by atoms with Crippen LogP contribution in [0.25, 0.3) is 11.1 Å². The van der Waals surface area contributed by atoms with Crippen LogP contribution in [-0.4, -0.2) is 24.6 Å². The van der Waals surface area contributed by atoms with Gasteiger partial charge in [-0.3, -0.25) is 4.68 Å². The second-order valence-corrected chi connectivity index (χ2v) is 8.30. The molecule has 32 heavy (non-hydrogen) atoms. The second kappa shape index (κ2) is 9.84. The number of ether oxygens (including phenoxy) is 1. The molecule has 2 N–H and O–H groups in total. The van der Waals surface area contributed by atoms with Gasteiger partial charge in [0.1, 0.15) is 6.61 Å². The molecular weight excluding hydrogens is 431 g/mol. The molecule has 0 unspecified atom stereocenters. The van der Waals surface area contributed by atoms with Gasteiger partial charge >= 0.3 is 7.82 Å². The Morgan fingerprint density at radius 2 is 1.81 bits per heavy atom. The van der Waals surface area contributed by atoms with E-state index < -0.39 is 7.82 Å². The van der Waals surface area contributed by atoms with E-state index >= 15 is 0 Å². The Bertz CT molecular complexity index is 1210. The third-order valence-electron chi connectivity index (χ3n) is 4.57. The fourth-order valence-corrected chi connectivity index (χ4v) is 3.31. The molecule has 0 saturated carbocycles. The van der Waals surface area contributed by atoms with Crippen LogP contribution in [-0.2, 0) is 29.0 Å². The first-order valence-electron chi connectivity index (χ1n) is 9.78. The highest BCUT2D eigenvalue weighted by molar-refractivity contribution is 7.46. The van der Waals surface area contributed by atoms with Gasteiger partial charge in [0.05, 0.1) is 12.7 Å². The molecule has 0 aliphatic heterocycles. The van der Waals surface area contributed by atoms with E-state index in [1.165, 1.54) is 0 Å². The summed E-state index contributed by atoms with van der Waals surface area (Å²) in [5, 5.41) is 4.39. The van der Waals surface area contributed by atoms with Gasteiger partial charge in [-0.25, -0.2) is 14.1 Å². The molecule has 0 atom stereocenters. The fourth-order valence-electron chi connectivity index (χ4n) is 3.02. The van der Waals surface area contributed by atoms with Gasteiger partial charge in [-0.1, -0.05) is 36.4 Å². The summed E-state index contributed by atoms with van der Waals surface area (Å²) < 4.78 is 24.5. The molecular formula is C22H22N4O5P+. The van der Waals surface area contributed by atoms with Crippen molar-refractivity contribution in [2.45, 2.75) is 19.9 Å². The van der Waals surface area contributed by atoms with Crippen LogP contribution in [0.2, 0.25) is 0 Å². The second-order valence-electron chi connectivity index (χ2n) is 7.06. The Morgan fingerprint density at radius 3 is 2.56 bits per heavy atom. The van der Waals surface area contributed by atoms with Crippen LogP contribution in [0.4, 0.5) is 0 Å². The number of aromatic nitrogens is 4. The van der Waals surface area contributed by atoms with Crippen molar-refractivity contribution in [2.24, 2.45) is 0 Å². The monoisotopic (exact) mass is 453 g/mol. The molecule has 10 heteroatoms. The maximum Gasteiger partial charge on any atom is 0.474 e.